The number of anilines is 1. The van der Waals surface area contributed by atoms with E-state index in [2.05, 4.69) is 38.2 Å². The highest BCUT2D eigenvalue weighted by Crippen LogP contribution is 2.17. The summed E-state index contributed by atoms with van der Waals surface area (Å²) in [6, 6.07) is 6.52. The van der Waals surface area contributed by atoms with Crippen LogP contribution in [-0.2, 0) is 6.54 Å². The monoisotopic (exact) mass is 297 g/mol. The quantitative estimate of drug-likeness (QED) is 0.940. The van der Waals surface area contributed by atoms with E-state index < -0.39 is 0 Å². The van der Waals surface area contributed by atoms with Crippen LogP contribution < -0.4 is 5.32 Å². The fourth-order valence-corrected chi connectivity index (χ4v) is 2.94. The zero-order valence-electron chi connectivity index (χ0n) is 13.3. The molecule has 1 aliphatic heterocycles. The Morgan fingerprint density at radius 3 is 2.95 bits per heavy atom. The summed E-state index contributed by atoms with van der Waals surface area (Å²) in [7, 11) is 0. The van der Waals surface area contributed by atoms with Gasteiger partial charge in [-0.3, -0.25) is 9.88 Å². The first-order valence-electron chi connectivity index (χ1n) is 7.90. The largest absolute Gasteiger partial charge is 0.350 e. The summed E-state index contributed by atoms with van der Waals surface area (Å²) in [5.74, 6) is 0.740. The lowest BCUT2D eigenvalue weighted by molar-refractivity contribution is 0.207. The van der Waals surface area contributed by atoms with Crippen LogP contribution in [0.15, 0.2) is 30.6 Å². The highest BCUT2D eigenvalue weighted by Gasteiger charge is 2.21. The van der Waals surface area contributed by atoms with Gasteiger partial charge in [0.25, 0.3) is 0 Å². The van der Waals surface area contributed by atoms with Crippen LogP contribution in [0.2, 0.25) is 0 Å². The second-order valence-electron chi connectivity index (χ2n) is 5.99. The maximum Gasteiger partial charge on any atom is 0.223 e. The van der Waals surface area contributed by atoms with Gasteiger partial charge in [0.15, 0.2) is 0 Å². The molecule has 1 fully saturated rings. The number of piperidine rings is 1. The summed E-state index contributed by atoms with van der Waals surface area (Å²) in [5, 5.41) is 3.47. The molecule has 0 bridgehead atoms. The first kappa shape index (κ1) is 14.9. The molecule has 2 aromatic rings. The lowest BCUT2D eigenvalue weighted by Gasteiger charge is -2.33. The number of pyridine rings is 1. The van der Waals surface area contributed by atoms with Gasteiger partial charge >= 0.3 is 0 Å². The molecule has 5 nitrogen and oxygen atoms in total. The van der Waals surface area contributed by atoms with Crippen LogP contribution >= 0.6 is 0 Å². The summed E-state index contributed by atoms with van der Waals surface area (Å²) in [6.45, 7) is 7.19. The molecule has 0 radical (unpaired) electrons. The summed E-state index contributed by atoms with van der Waals surface area (Å²) >= 11 is 0. The molecule has 3 heterocycles. The Bertz CT molecular complexity index is 628. The van der Waals surface area contributed by atoms with Gasteiger partial charge in [0, 0.05) is 42.9 Å². The lowest BCUT2D eigenvalue weighted by atomic mass is 10.0. The Balaban J connectivity index is 1.61. The van der Waals surface area contributed by atoms with E-state index in [1.807, 2.05) is 31.5 Å². The van der Waals surface area contributed by atoms with Crippen molar-refractivity contribution in [1.29, 1.82) is 0 Å². The van der Waals surface area contributed by atoms with Crippen molar-refractivity contribution in [2.24, 2.45) is 0 Å². The molecule has 1 atom stereocenters. The molecule has 0 aromatic carbocycles. The van der Waals surface area contributed by atoms with Crippen molar-refractivity contribution < 1.29 is 0 Å². The average Bonchev–Trinajstić information content (AvgIpc) is 2.50. The number of likely N-dealkylation sites (tertiary alicyclic amines) is 1. The van der Waals surface area contributed by atoms with Crippen LogP contribution in [0.3, 0.4) is 0 Å². The zero-order valence-corrected chi connectivity index (χ0v) is 13.3. The van der Waals surface area contributed by atoms with Gasteiger partial charge in [0.05, 0.1) is 0 Å². The summed E-state index contributed by atoms with van der Waals surface area (Å²) in [6.07, 6.45) is 6.03. The van der Waals surface area contributed by atoms with Gasteiger partial charge in [-0.25, -0.2) is 9.97 Å². The van der Waals surface area contributed by atoms with Gasteiger partial charge in [-0.1, -0.05) is 6.07 Å². The van der Waals surface area contributed by atoms with Crippen molar-refractivity contribution in [3.05, 3.63) is 47.5 Å². The molecule has 3 rings (SSSR count). The number of rotatable bonds is 4. The fourth-order valence-electron chi connectivity index (χ4n) is 2.94. The SMILES string of the molecule is Cc1ccnc(NC2CCCN(Cc3cccnc3C)C2)n1. The number of nitrogens with one attached hydrogen (secondary N) is 1. The zero-order chi connectivity index (χ0) is 15.4. The van der Waals surface area contributed by atoms with Gasteiger partial charge in [-0.05, 0) is 50.9 Å². The number of nitrogens with zero attached hydrogens (tertiary/aromatic N) is 4. The Morgan fingerprint density at radius 2 is 2.14 bits per heavy atom. The van der Waals surface area contributed by atoms with E-state index in [0.29, 0.717) is 6.04 Å². The second-order valence-corrected chi connectivity index (χ2v) is 5.99. The first-order chi connectivity index (χ1) is 10.7. The van der Waals surface area contributed by atoms with Crippen LogP contribution in [0.4, 0.5) is 5.95 Å². The topological polar surface area (TPSA) is 53.9 Å². The normalized spacial score (nSPS) is 19.1. The molecule has 22 heavy (non-hydrogen) atoms. The maximum absolute atomic E-state index is 4.44. The minimum Gasteiger partial charge on any atom is -0.350 e. The van der Waals surface area contributed by atoms with E-state index in [1.165, 1.54) is 18.4 Å². The van der Waals surface area contributed by atoms with Crippen LogP contribution in [-0.4, -0.2) is 39.0 Å². The van der Waals surface area contributed by atoms with Crippen molar-refractivity contribution in [3.8, 4) is 0 Å². The van der Waals surface area contributed by atoms with E-state index >= 15 is 0 Å². The van der Waals surface area contributed by atoms with E-state index in [1.54, 1.807) is 0 Å². The van der Waals surface area contributed by atoms with Crippen molar-refractivity contribution in [1.82, 2.24) is 19.9 Å². The molecule has 1 aliphatic rings. The van der Waals surface area contributed by atoms with Gasteiger partial charge in [-0.15, -0.1) is 0 Å². The molecule has 5 heteroatoms. The van der Waals surface area contributed by atoms with E-state index in [4.69, 9.17) is 0 Å². The molecule has 0 amide bonds. The predicted molar refractivity (Wildman–Crippen MR) is 87.7 cm³/mol. The highest BCUT2D eigenvalue weighted by molar-refractivity contribution is 5.27. The Hall–Kier alpha value is -2.01. The van der Waals surface area contributed by atoms with Crippen molar-refractivity contribution >= 4 is 5.95 Å². The number of hydrogen-bond acceptors (Lipinski definition) is 5. The fraction of sp³-hybridized carbons (Fsp3) is 0.471. The van der Waals surface area contributed by atoms with E-state index in [0.717, 1.165) is 37.0 Å². The number of aryl methyl sites for hydroxylation is 2. The molecule has 1 N–H and O–H groups in total. The van der Waals surface area contributed by atoms with E-state index in [-0.39, 0.29) is 0 Å². The van der Waals surface area contributed by atoms with Crippen LogP contribution in [0.1, 0.15) is 29.8 Å². The summed E-state index contributed by atoms with van der Waals surface area (Å²) < 4.78 is 0. The van der Waals surface area contributed by atoms with E-state index in [9.17, 15) is 0 Å². The highest BCUT2D eigenvalue weighted by atomic mass is 15.2. The third-order valence-electron chi connectivity index (χ3n) is 4.14. The molecular formula is C17H23N5. The standard InChI is InChI=1S/C17H23N5/c1-13-7-9-19-17(20-13)21-16-6-4-10-22(12-16)11-15-5-3-8-18-14(15)2/h3,5,7-9,16H,4,6,10-12H2,1-2H3,(H,19,20,21). The summed E-state index contributed by atoms with van der Waals surface area (Å²) in [4.78, 5) is 15.6. The molecule has 2 aromatic heterocycles. The smallest absolute Gasteiger partial charge is 0.223 e. The van der Waals surface area contributed by atoms with Crippen LogP contribution in [0.5, 0.6) is 0 Å². The second kappa shape index (κ2) is 6.83. The molecular weight excluding hydrogens is 274 g/mol. The summed E-state index contributed by atoms with van der Waals surface area (Å²) in [5.41, 5.74) is 3.44. The minimum atomic E-state index is 0.410. The molecule has 0 aliphatic carbocycles. The van der Waals surface area contributed by atoms with Crippen LogP contribution in [0.25, 0.3) is 0 Å². The van der Waals surface area contributed by atoms with Gasteiger partial charge in [0.1, 0.15) is 0 Å². The lowest BCUT2D eigenvalue weighted by Crippen LogP contribution is -2.42. The maximum atomic E-state index is 4.44. The van der Waals surface area contributed by atoms with Crippen molar-refractivity contribution in [3.63, 3.8) is 0 Å². The molecule has 1 unspecified atom stereocenters. The predicted octanol–water partition coefficient (Wildman–Crippen LogP) is 2.56. The molecule has 0 spiro atoms. The van der Waals surface area contributed by atoms with Crippen molar-refractivity contribution in [2.75, 3.05) is 18.4 Å². The van der Waals surface area contributed by atoms with Gasteiger partial charge in [-0.2, -0.15) is 0 Å². The Labute approximate surface area is 131 Å². The third kappa shape index (κ3) is 3.80. The Kier molecular flexibility index (Phi) is 4.63. The first-order valence-corrected chi connectivity index (χ1v) is 7.90. The Morgan fingerprint density at radius 1 is 1.23 bits per heavy atom. The molecule has 1 saturated heterocycles. The van der Waals surface area contributed by atoms with Gasteiger partial charge in [0.2, 0.25) is 5.95 Å². The number of aromatic nitrogens is 3. The van der Waals surface area contributed by atoms with Crippen LogP contribution in [0, 0.1) is 13.8 Å². The number of hydrogen-bond donors (Lipinski definition) is 1. The minimum absolute atomic E-state index is 0.410. The average molecular weight is 297 g/mol. The molecule has 0 saturated carbocycles. The molecule has 116 valence electrons. The van der Waals surface area contributed by atoms with Crippen molar-refractivity contribution in [2.45, 2.75) is 39.3 Å². The third-order valence-corrected chi connectivity index (χ3v) is 4.14. The van der Waals surface area contributed by atoms with Gasteiger partial charge < -0.3 is 5.32 Å².